The fraction of sp³-hybridized carbons (Fsp3) is 0.136. The number of hydrogen-bond acceptors (Lipinski definition) is 26. The number of aliphatic imine (C=N–C) groups is 1. The lowest BCUT2D eigenvalue weighted by molar-refractivity contribution is 0.460. The van der Waals surface area contributed by atoms with Gasteiger partial charge in [0.05, 0.1) is 49.0 Å². The lowest BCUT2D eigenvalue weighted by atomic mass is 10.1. The minimum Gasteiger partial charge on any atom is -0.461 e. The quantitative estimate of drug-likeness (QED) is 0.0627. The Bertz CT molecular complexity index is 5570. The van der Waals surface area contributed by atoms with Crippen LogP contribution >= 0.6 is 34.2 Å². The van der Waals surface area contributed by atoms with Gasteiger partial charge in [0.2, 0.25) is 0 Å². The van der Waals surface area contributed by atoms with Crippen LogP contribution in [0, 0.1) is 69.2 Å². The van der Waals surface area contributed by atoms with Gasteiger partial charge in [-0.2, -0.15) is 4.37 Å². The van der Waals surface area contributed by atoms with Gasteiger partial charge in [0.15, 0.2) is 28.6 Å². The molecule has 23 N–H and O–H groups in total. The lowest BCUT2D eigenvalue weighted by Crippen LogP contribution is -2.10. The van der Waals surface area contributed by atoms with E-state index in [-0.39, 0.29) is 0 Å². The molecule has 20 rings (SSSR count). The number of furan rings is 2. The first-order valence-corrected chi connectivity index (χ1v) is 36.8. The number of imidazole rings is 1. The van der Waals surface area contributed by atoms with Crippen LogP contribution in [0.5, 0.6) is 0 Å². The van der Waals surface area contributed by atoms with Crippen molar-refractivity contribution in [2.75, 3.05) is 51.6 Å². The second-order valence-corrected chi connectivity index (χ2v) is 29.0. The molecule has 1 aliphatic heterocycles. The molecule has 0 fully saturated rings. The van der Waals surface area contributed by atoms with Crippen LogP contribution < -0.4 is 57.3 Å². The molecule has 15 aromatic heterocycles. The average Bonchev–Trinajstić information content (AvgIpc) is 1.66. The highest BCUT2D eigenvalue weighted by Crippen LogP contribution is 2.31. The summed E-state index contributed by atoms with van der Waals surface area (Å²) in [7, 11) is 0. The van der Waals surface area contributed by atoms with Crippen LogP contribution in [0.15, 0.2) is 201 Å². The van der Waals surface area contributed by atoms with Gasteiger partial charge >= 0.3 is 0 Å². The van der Waals surface area contributed by atoms with E-state index in [2.05, 4.69) is 135 Å². The molecule has 0 radical (unpaired) electrons. The van der Waals surface area contributed by atoms with Gasteiger partial charge < -0.3 is 85.6 Å². The third kappa shape index (κ3) is 19.3. The van der Waals surface area contributed by atoms with E-state index in [1.54, 1.807) is 65.9 Å². The van der Waals surface area contributed by atoms with E-state index < -0.39 is 0 Å². The number of nitrogens with two attached hydrogens (primary N) is 10. The number of para-hydroxylation sites is 1. The number of amidine groups is 1. The number of thiophene rings is 2. The van der Waals surface area contributed by atoms with Crippen molar-refractivity contribution in [3.05, 3.63) is 249 Å². The van der Waals surface area contributed by atoms with Crippen molar-refractivity contribution < 1.29 is 13.4 Å². The summed E-state index contributed by atoms with van der Waals surface area (Å²) < 4.78 is 23.1. The van der Waals surface area contributed by atoms with Crippen LogP contribution in [0.3, 0.4) is 0 Å². The Labute approximate surface area is 644 Å². The summed E-state index contributed by atoms with van der Waals surface area (Å²) in [5.74, 6) is 7.69. The first-order chi connectivity index (χ1) is 52.7. The number of anilines is 9. The molecule has 560 valence electrons. The van der Waals surface area contributed by atoms with E-state index in [1.807, 2.05) is 139 Å². The van der Waals surface area contributed by atoms with Crippen molar-refractivity contribution in [2.45, 2.75) is 75.8 Å². The molecule has 19 aromatic rings. The number of hydrogen-bond donors (Lipinski definition) is 13. The third-order valence-electron chi connectivity index (χ3n) is 16.7. The summed E-state index contributed by atoms with van der Waals surface area (Å²) in [6.45, 7) is 20.7. The van der Waals surface area contributed by atoms with Crippen LogP contribution in [-0.4, -0.2) is 65.2 Å². The normalized spacial score (nSPS) is 11.0. The van der Waals surface area contributed by atoms with Crippen molar-refractivity contribution >= 4 is 188 Å². The number of benzene rings is 4. The average molecular weight is 1520 g/mol. The number of nitrogens with one attached hydrogen (secondary N) is 3. The topological polar surface area (TPSA) is 475 Å². The molecule has 0 amide bonds. The first kappa shape index (κ1) is 77.5. The Morgan fingerprint density at radius 3 is 1.74 bits per heavy atom. The Morgan fingerprint density at radius 2 is 1.03 bits per heavy atom. The van der Waals surface area contributed by atoms with Gasteiger partial charge in [-0.15, -0.1) is 22.7 Å². The molecule has 0 atom stereocenters. The van der Waals surface area contributed by atoms with E-state index in [0.717, 1.165) is 122 Å². The van der Waals surface area contributed by atoms with E-state index in [9.17, 15) is 0 Å². The molecule has 29 heteroatoms. The number of aromatic amines is 3. The van der Waals surface area contributed by atoms with Crippen molar-refractivity contribution in [3.8, 4) is 0 Å². The fourth-order valence-corrected chi connectivity index (χ4v) is 14.2. The van der Waals surface area contributed by atoms with Crippen LogP contribution in [0.2, 0.25) is 0 Å². The monoisotopic (exact) mass is 1520 g/mol. The standard InChI is InChI=1S/2C9H10N2.C8H9N3.3C8H8N2O.3C8H8N2S.C7H8N4/c1-6-2-3-8-7(4-6)5-11-9(8)10;1-6-5-7-3-2-4-8(10)9(7)11-6;2*1-5-4-6-7(11-5)2-3-10-8(6)9;1-5-4-6-2-3-10-8(9)7(6)11-5;1-5-2-3-6-7(4-5)11-10-8(6)9;1-5-4-6-7(11-5)2-3-10-8(6)9;1-5-4-6-2-3-10-8(9)7(6)11-5;1-5-2-3-6-7(4-5)11-10-8(6)9;1-4-10-5-2-3-9-7(8)6(5)11-4/h2-4H,5H2,1H3,(H2,10,11);2-5,11H,10H2,1H3;2-4,11H,1H3,(H2,9,10);6*2-4H,1H3,(H2,9,10);2-3H,1H3,(H2,8,9)(H,10,11). The number of rotatable bonds is 0. The number of nitrogens with zero attached hydrogens (tertiary/aromatic N) is 10. The number of H-pyrrole nitrogens is 3. The molecule has 4 aromatic carbocycles. The molecule has 16 heterocycles. The molecule has 0 aliphatic carbocycles. The number of nitrogen functional groups attached to an aromatic ring is 9. The Balaban J connectivity index is 0.000000121. The molecular formula is C81H85N23O3S3. The molecule has 0 saturated heterocycles. The van der Waals surface area contributed by atoms with Gasteiger partial charge in [-0.1, -0.05) is 53.2 Å². The third-order valence-corrected chi connectivity index (χ3v) is 19.6. The lowest BCUT2D eigenvalue weighted by Gasteiger charge is -1.98. The first-order valence-electron chi connectivity index (χ1n) is 34.4. The van der Waals surface area contributed by atoms with Gasteiger partial charge in [0, 0.05) is 95.5 Å². The Hall–Kier alpha value is -13.6. The molecule has 0 bridgehead atoms. The predicted molar refractivity (Wildman–Crippen MR) is 457 cm³/mol. The highest BCUT2D eigenvalue weighted by Gasteiger charge is 2.13. The summed E-state index contributed by atoms with van der Waals surface area (Å²) >= 11 is 4.89. The SMILES string of the molecule is Cc1cc2c(N)nccc2[nH]1.Cc1cc2c(N)nccc2o1.Cc1cc2c(N)nccc2s1.Cc1cc2cccc(N)c2[nH]1.Cc1cc2ccnc(N)c2o1.Cc1cc2ccnc(N)c2s1.Cc1ccc2c(N)noc2c1.Cc1ccc2c(N)nsc2c1.Cc1ccc2c(c1)CN=C2N.Cc1nc2c(N)nccc2[nH]1. The zero-order chi connectivity index (χ0) is 78.4. The van der Waals surface area contributed by atoms with Crippen LogP contribution in [-0.2, 0) is 6.54 Å². The minimum absolute atomic E-state index is 0.454. The number of pyridine rings is 6. The molecule has 26 nitrogen and oxygen atoms in total. The van der Waals surface area contributed by atoms with Crippen LogP contribution in [0.25, 0.3) is 96.0 Å². The maximum atomic E-state index is 5.74. The van der Waals surface area contributed by atoms with Gasteiger partial charge in [0.1, 0.15) is 63.4 Å². The Morgan fingerprint density at radius 1 is 0.409 bits per heavy atom. The van der Waals surface area contributed by atoms with Crippen molar-refractivity contribution in [3.63, 3.8) is 0 Å². The predicted octanol–water partition coefficient (Wildman–Crippen LogP) is 17.3. The summed E-state index contributed by atoms with van der Waals surface area (Å²) in [5, 5.41) is 12.0. The minimum atomic E-state index is 0.454. The van der Waals surface area contributed by atoms with Crippen LogP contribution in [0.4, 0.5) is 52.2 Å². The summed E-state index contributed by atoms with van der Waals surface area (Å²) in [6, 6.07) is 47.7. The van der Waals surface area contributed by atoms with E-state index >= 15 is 0 Å². The zero-order valence-electron chi connectivity index (χ0n) is 62.2. The summed E-state index contributed by atoms with van der Waals surface area (Å²) in [5.41, 5.74) is 71.4. The maximum absolute atomic E-state index is 5.74. The number of fused-ring (bicyclic) bond motifs is 10. The molecule has 0 unspecified atom stereocenters. The molecular weight excluding hydrogens is 1440 g/mol. The molecule has 1 aliphatic rings. The largest absolute Gasteiger partial charge is 0.461 e. The second kappa shape index (κ2) is 34.7. The van der Waals surface area contributed by atoms with Crippen molar-refractivity contribution in [1.29, 1.82) is 0 Å². The maximum Gasteiger partial charge on any atom is 0.176 e. The molecule has 0 saturated carbocycles. The highest BCUT2D eigenvalue weighted by atomic mass is 32.1. The zero-order valence-corrected chi connectivity index (χ0v) is 64.7. The van der Waals surface area contributed by atoms with Crippen molar-refractivity contribution in [1.82, 2.24) is 59.4 Å². The summed E-state index contributed by atoms with van der Waals surface area (Å²) in [6.07, 6.45) is 10.2. The second-order valence-electron chi connectivity index (χ2n) is 25.7. The van der Waals surface area contributed by atoms with Gasteiger partial charge in [-0.3, -0.25) is 4.99 Å². The van der Waals surface area contributed by atoms with Gasteiger partial charge in [-0.05, 0) is 206 Å². The van der Waals surface area contributed by atoms with E-state index in [1.165, 1.54) is 58.1 Å². The molecule has 0 spiro atoms. The molecule has 110 heavy (non-hydrogen) atoms. The highest BCUT2D eigenvalue weighted by molar-refractivity contribution is 7.19. The van der Waals surface area contributed by atoms with Crippen LogP contribution in [0.1, 0.15) is 66.3 Å². The van der Waals surface area contributed by atoms with Gasteiger partial charge in [-0.25, -0.2) is 34.9 Å². The fourth-order valence-electron chi connectivity index (χ4n) is 11.6. The Kier molecular flexibility index (Phi) is 24.5. The summed E-state index contributed by atoms with van der Waals surface area (Å²) in [4.78, 5) is 44.1. The van der Waals surface area contributed by atoms with Gasteiger partial charge in [0.25, 0.3) is 0 Å². The van der Waals surface area contributed by atoms with Crippen molar-refractivity contribution in [2.24, 2.45) is 10.7 Å². The smallest absolute Gasteiger partial charge is 0.176 e. The van der Waals surface area contributed by atoms with E-state index in [0.29, 0.717) is 58.0 Å². The number of aromatic nitrogens is 12. The van der Waals surface area contributed by atoms with E-state index in [4.69, 9.17) is 70.7 Å². The number of aryl methyl sites for hydroxylation is 10.